The van der Waals surface area contributed by atoms with Gasteiger partial charge >= 0.3 is 0 Å². The Morgan fingerprint density at radius 3 is 2.42 bits per heavy atom. The highest BCUT2D eigenvalue weighted by Crippen LogP contribution is 2.37. The van der Waals surface area contributed by atoms with E-state index in [0.717, 1.165) is 22.9 Å². The second kappa shape index (κ2) is 9.57. The molecule has 3 aromatic rings. The number of methoxy groups -OCH3 is 1. The summed E-state index contributed by atoms with van der Waals surface area (Å²) in [5.41, 5.74) is 2.36. The Morgan fingerprint density at radius 2 is 1.71 bits per heavy atom. The minimum atomic E-state index is -0.334. The summed E-state index contributed by atoms with van der Waals surface area (Å²) in [5.74, 6) is 0.830. The van der Waals surface area contributed by atoms with Crippen molar-refractivity contribution in [1.82, 2.24) is 0 Å². The molecule has 0 atom stereocenters. The number of carbonyl (C=O) groups excluding carboxylic acids is 2. The van der Waals surface area contributed by atoms with Crippen molar-refractivity contribution in [2.45, 2.75) is 6.61 Å². The van der Waals surface area contributed by atoms with Gasteiger partial charge < -0.3 is 9.47 Å². The lowest BCUT2D eigenvalue weighted by molar-refractivity contribution is -0.113. The number of thioether (sulfide) groups is 1. The maximum Gasteiger partial charge on any atom is 0.298 e. The van der Waals surface area contributed by atoms with Gasteiger partial charge in [0.05, 0.1) is 17.7 Å². The molecule has 0 saturated carbocycles. The van der Waals surface area contributed by atoms with E-state index in [1.165, 1.54) is 8.47 Å². The summed E-state index contributed by atoms with van der Waals surface area (Å²) in [7, 11) is 1.57. The number of benzene rings is 3. The highest BCUT2D eigenvalue weighted by atomic mass is 127. The quantitative estimate of drug-likeness (QED) is 0.277. The summed E-state index contributed by atoms with van der Waals surface area (Å²) in [5, 5.41) is -0.313. The maximum atomic E-state index is 12.8. The number of nitrogens with zero attached hydrogens (tertiary/aromatic N) is 1. The van der Waals surface area contributed by atoms with E-state index < -0.39 is 0 Å². The fourth-order valence-electron chi connectivity index (χ4n) is 3.05. The van der Waals surface area contributed by atoms with Crippen molar-refractivity contribution in [3.63, 3.8) is 0 Å². The van der Waals surface area contributed by atoms with Crippen LogP contribution in [-0.2, 0) is 11.4 Å². The van der Waals surface area contributed by atoms with Crippen LogP contribution in [0, 0.1) is 3.57 Å². The monoisotopic (exact) mass is 543 g/mol. The van der Waals surface area contributed by atoms with Crippen molar-refractivity contribution in [1.29, 1.82) is 0 Å². The van der Waals surface area contributed by atoms with E-state index in [2.05, 4.69) is 22.6 Å². The molecule has 1 saturated heterocycles. The molecule has 2 amide bonds. The van der Waals surface area contributed by atoms with Crippen molar-refractivity contribution < 1.29 is 19.1 Å². The third-order valence-corrected chi connectivity index (χ3v) is 6.19. The van der Waals surface area contributed by atoms with Gasteiger partial charge in [0.25, 0.3) is 11.1 Å². The van der Waals surface area contributed by atoms with E-state index in [0.29, 0.717) is 28.7 Å². The van der Waals surface area contributed by atoms with Gasteiger partial charge in [0.1, 0.15) is 6.61 Å². The lowest BCUT2D eigenvalue weighted by Gasteiger charge is -2.12. The van der Waals surface area contributed by atoms with Crippen LogP contribution in [0.15, 0.2) is 77.7 Å². The average molecular weight is 543 g/mol. The fourth-order valence-corrected chi connectivity index (χ4v) is 4.25. The number of hydrogen-bond acceptors (Lipinski definition) is 5. The van der Waals surface area contributed by atoms with Gasteiger partial charge in [-0.15, -0.1) is 0 Å². The third-order valence-electron chi connectivity index (χ3n) is 4.60. The highest BCUT2D eigenvalue weighted by Gasteiger charge is 2.36. The smallest absolute Gasteiger partial charge is 0.298 e. The van der Waals surface area contributed by atoms with E-state index in [1.807, 2.05) is 36.4 Å². The second-order valence-electron chi connectivity index (χ2n) is 6.68. The van der Waals surface area contributed by atoms with Crippen LogP contribution >= 0.6 is 34.4 Å². The van der Waals surface area contributed by atoms with Gasteiger partial charge in [0.2, 0.25) is 0 Å². The number of imide groups is 1. The standard InChI is InChI=1S/C24H18INO4S/c1-29-21-13-17(9-12-20(21)30-15-16-7-10-18(25)11-8-16)14-22-23(27)26(24(28)31-22)19-5-3-2-4-6-19/h2-14H,15H2,1H3/b22-14-. The molecular formula is C24H18INO4S. The molecule has 0 radical (unpaired) electrons. The third kappa shape index (κ3) is 4.94. The first-order valence-electron chi connectivity index (χ1n) is 9.43. The number of rotatable bonds is 6. The normalized spacial score (nSPS) is 14.9. The molecule has 4 rings (SSSR count). The van der Waals surface area contributed by atoms with Gasteiger partial charge in [-0.2, -0.15) is 0 Å². The predicted molar refractivity (Wildman–Crippen MR) is 131 cm³/mol. The summed E-state index contributed by atoms with van der Waals surface area (Å²) in [6.45, 7) is 0.419. The Labute approximate surface area is 198 Å². The largest absolute Gasteiger partial charge is 0.493 e. The number of ether oxygens (including phenoxy) is 2. The molecule has 1 aliphatic rings. The zero-order valence-corrected chi connectivity index (χ0v) is 19.6. The van der Waals surface area contributed by atoms with Crippen LogP contribution in [0.4, 0.5) is 10.5 Å². The molecule has 156 valence electrons. The van der Waals surface area contributed by atoms with Crippen molar-refractivity contribution >= 4 is 57.3 Å². The lowest BCUT2D eigenvalue weighted by Crippen LogP contribution is -2.27. The molecule has 31 heavy (non-hydrogen) atoms. The van der Waals surface area contributed by atoms with Gasteiger partial charge in [0, 0.05) is 3.57 Å². The Kier molecular flexibility index (Phi) is 6.62. The molecule has 0 spiro atoms. The number of para-hydroxylation sites is 1. The zero-order chi connectivity index (χ0) is 21.8. The van der Waals surface area contributed by atoms with Crippen molar-refractivity contribution in [3.05, 3.63) is 92.4 Å². The average Bonchev–Trinajstić information content (AvgIpc) is 3.07. The molecule has 0 aliphatic carbocycles. The van der Waals surface area contributed by atoms with Crippen LogP contribution in [0.2, 0.25) is 0 Å². The fraction of sp³-hybridized carbons (Fsp3) is 0.0833. The number of carbonyl (C=O) groups is 2. The minimum absolute atomic E-state index is 0.313. The van der Waals surface area contributed by atoms with Crippen LogP contribution < -0.4 is 14.4 Å². The van der Waals surface area contributed by atoms with Crippen molar-refractivity contribution in [2.24, 2.45) is 0 Å². The Bertz CT molecular complexity index is 1150. The summed E-state index contributed by atoms with van der Waals surface area (Å²) in [6, 6.07) is 22.4. The number of anilines is 1. The van der Waals surface area contributed by atoms with E-state index in [1.54, 1.807) is 49.6 Å². The minimum Gasteiger partial charge on any atom is -0.493 e. The zero-order valence-electron chi connectivity index (χ0n) is 16.6. The maximum absolute atomic E-state index is 12.8. The summed E-state index contributed by atoms with van der Waals surface area (Å²) < 4.78 is 12.5. The first kappa shape index (κ1) is 21.5. The summed E-state index contributed by atoms with van der Waals surface area (Å²) in [4.78, 5) is 26.7. The molecule has 1 heterocycles. The number of hydrogen-bond donors (Lipinski definition) is 0. The molecule has 1 fully saturated rings. The van der Waals surface area contributed by atoms with Crippen LogP contribution in [0.1, 0.15) is 11.1 Å². The van der Waals surface area contributed by atoms with Gasteiger partial charge in [-0.25, -0.2) is 4.90 Å². The van der Waals surface area contributed by atoms with Crippen molar-refractivity contribution in [3.8, 4) is 11.5 Å². The SMILES string of the molecule is COc1cc(/C=C2\SC(=O)N(c3ccccc3)C2=O)ccc1OCc1ccc(I)cc1. The van der Waals surface area contributed by atoms with Crippen LogP contribution in [0.3, 0.4) is 0 Å². The van der Waals surface area contributed by atoms with Crippen molar-refractivity contribution in [2.75, 3.05) is 12.0 Å². The topological polar surface area (TPSA) is 55.8 Å². The lowest BCUT2D eigenvalue weighted by atomic mass is 10.1. The highest BCUT2D eigenvalue weighted by molar-refractivity contribution is 14.1. The molecule has 3 aromatic carbocycles. The molecule has 0 bridgehead atoms. The van der Waals surface area contributed by atoms with E-state index in [-0.39, 0.29) is 11.1 Å². The summed E-state index contributed by atoms with van der Waals surface area (Å²) in [6.07, 6.45) is 1.69. The van der Waals surface area contributed by atoms with Crippen LogP contribution in [0.25, 0.3) is 6.08 Å². The first-order chi connectivity index (χ1) is 15.0. The Hall–Kier alpha value is -2.78. The second-order valence-corrected chi connectivity index (χ2v) is 8.92. The molecule has 1 aliphatic heterocycles. The molecule has 0 aromatic heterocycles. The van der Waals surface area contributed by atoms with Gasteiger partial charge in [-0.1, -0.05) is 36.4 Å². The van der Waals surface area contributed by atoms with E-state index in [4.69, 9.17) is 9.47 Å². The Morgan fingerprint density at radius 1 is 0.968 bits per heavy atom. The van der Waals surface area contributed by atoms with Gasteiger partial charge in [-0.05, 0) is 88.0 Å². The number of halogens is 1. The van der Waals surface area contributed by atoms with E-state index >= 15 is 0 Å². The van der Waals surface area contributed by atoms with Gasteiger partial charge in [-0.3, -0.25) is 9.59 Å². The first-order valence-corrected chi connectivity index (χ1v) is 11.3. The van der Waals surface area contributed by atoms with E-state index in [9.17, 15) is 9.59 Å². The molecule has 0 unspecified atom stereocenters. The van der Waals surface area contributed by atoms with Gasteiger partial charge in [0.15, 0.2) is 11.5 Å². The summed E-state index contributed by atoms with van der Waals surface area (Å²) >= 11 is 3.19. The molecule has 5 nitrogen and oxygen atoms in total. The predicted octanol–water partition coefficient (Wildman–Crippen LogP) is 6.12. The van der Waals surface area contributed by atoms with Crippen LogP contribution in [0.5, 0.6) is 11.5 Å². The molecular weight excluding hydrogens is 525 g/mol. The van der Waals surface area contributed by atoms with Crippen LogP contribution in [-0.4, -0.2) is 18.3 Å². The molecule has 7 heteroatoms. The number of amides is 2. The molecule has 0 N–H and O–H groups in total. The Balaban J connectivity index is 1.52.